The van der Waals surface area contributed by atoms with Crippen molar-refractivity contribution in [1.29, 1.82) is 0 Å². The number of nitrogen functional groups attached to an aromatic ring is 1. The summed E-state index contributed by atoms with van der Waals surface area (Å²) in [6.45, 7) is 3.74. The van der Waals surface area contributed by atoms with Crippen molar-refractivity contribution >= 4 is 17.3 Å². The van der Waals surface area contributed by atoms with Crippen LogP contribution < -0.4 is 11.1 Å². The highest BCUT2D eigenvalue weighted by Gasteiger charge is 2.21. The summed E-state index contributed by atoms with van der Waals surface area (Å²) in [4.78, 5) is 22.2. The number of nitrogens with two attached hydrogens (primary N) is 1. The van der Waals surface area contributed by atoms with Crippen LogP contribution >= 0.6 is 0 Å². The Morgan fingerprint density at radius 1 is 1.50 bits per heavy atom. The van der Waals surface area contributed by atoms with Crippen LogP contribution in [0.4, 0.5) is 11.4 Å². The van der Waals surface area contributed by atoms with Crippen LogP contribution in [-0.4, -0.2) is 28.6 Å². The van der Waals surface area contributed by atoms with E-state index in [9.17, 15) is 20.0 Å². The minimum Gasteiger partial charge on any atom is -0.394 e. The Kier molecular flexibility index (Phi) is 5.45. The smallest absolute Gasteiger partial charge is 0.292 e. The maximum atomic E-state index is 12.1. The predicted octanol–water partition coefficient (Wildman–Crippen LogP) is 1.31. The van der Waals surface area contributed by atoms with Gasteiger partial charge in [-0.3, -0.25) is 14.9 Å². The molecule has 1 aromatic rings. The van der Waals surface area contributed by atoms with E-state index in [1.807, 2.05) is 13.8 Å². The summed E-state index contributed by atoms with van der Waals surface area (Å²) in [6, 6.07) is 3.66. The van der Waals surface area contributed by atoms with Crippen LogP contribution in [0.1, 0.15) is 30.6 Å². The molecule has 0 aliphatic rings. The number of hydrogen-bond acceptors (Lipinski definition) is 5. The molecule has 0 saturated carbocycles. The summed E-state index contributed by atoms with van der Waals surface area (Å²) in [5.41, 5.74) is 5.21. The second kappa shape index (κ2) is 6.85. The highest BCUT2D eigenvalue weighted by Crippen LogP contribution is 2.24. The molecular weight excluding hydrogens is 262 g/mol. The van der Waals surface area contributed by atoms with Crippen molar-refractivity contribution in [2.24, 2.45) is 5.92 Å². The molecule has 0 aromatic heterocycles. The third-order valence-corrected chi connectivity index (χ3v) is 2.84. The second-order valence-electron chi connectivity index (χ2n) is 4.98. The molecule has 1 atom stereocenters. The number of carbonyl (C=O) groups is 1. The largest absolute Gasteiger partial charge is 0.394 e. The van der Waals surface area contributed by atoms with Crippen molar-refractivity contribution in [3.05, 3.63) is 33.9 Å². The quantitative estimate of drug-likeness (QED) is 0.412. The fraction of sp³-hybridized carbons (Fsp3) is 0.462. The van der Waals surface area contributed by atoms with Crippen LogP contribution in [0.3, 0.4) is 0 Å². The molecule has 0 radical (unpaired) electrons. The number of nitrogens with zero attached hydrogens (tertiary/aromatic N) is 1. The number of rotatable bonds is 6. The number of nitro groups is 1. The van der Waals surface area contributed by atoms with Crippen LogP contribution in [-0.2, 0) is 0 Å². The van der Waals surface area contributed by atoms with E-state index in [0.29, 0.717) is 12.3 Å². The number of hydrogen-bond donors (Lipinski definition) is 3. The first-order valence-electron chi connectivity index (χ1n) is 6.31. The Hall–Kier alpha value is -2.15. The van der Waals surface area contributed by atoms with Gasteiger partial charge >= 0.3 is 0 Å². The molecule has 1 amide bonds. The molecule has 7 nitrogen and oxygen atoms in total. The molecule has 7 heteroatoms. The first kappa shape index (κ1) is 15.9. The van der Waals surface area contributed by atoms with Gasteiger partial charge in [0.25, 0.3) is 11.6 Å². The number of amides is 1. The summed E-state index contributed by atoms with van der Waals surface area (Å²) in [5, 5.41) is 22.6. The summed E-state index contributed by atoms with van der Waals surface area (Å²) >= 11 is 0. The van der Waals surface area contributed by atoms with E-state index in [1.165, 1.54) is 18.2 Å². The van der Waals surface area contributed by atoms with Gasteiger partial charge < -0.3 is 16.2 Å². The molecule has 0 heterocycles. The SMILES string of the molecule is CC(C)C[C@H](CO)NC(=O)c1cccc([N+](=O)[O-])c1N. The van der Waals surface area contributed by atoms with Crippen molar-refractivity contribution < 1.29 is 14.8 Å². The third kappa shape index (κ3) is 3.92. The van der Waals surface area contributed by atoms with E-state index in [1.54, 1.807) is 0 Å². The molecule has 0 fully saturated rings. The van der Waals surface area contributed by atoms with Gasteiger partial charge in [-0.15, -0.1) is 0 Å². The van der Waals surface area contributed by atoms with Crippen molar-refractivity contribution in [3.8, 4) is 0 Å². The summed E-state index contributed by atoms with van der Waals surface area (Å²) in [5.74, 6) is -0.221. The van der Waals surface area contributed by atoms with E-state index in [0.717, 1.165) is 0 Å². The minimum atomic E-state index is -0.635. The second-order valence-corrected chi connectivity index (χ2v) is 4.98. The van der Waals surface area contributed by atoms with Gasteiger partial charge in [0.1, 0.15) is 5.69 Å². The van der Waals surface area contributed by atoms with Gasteiger partial charge in [0.15, 0.2) is 0 Å². The lowest BCUT2D eigenvalue weighted by Gasteiger charge is -2.18. The zero-order chi connectivity index (χ0) is 15.3. The zero-order valence-corrected chi connectivity index (χ0v) is 11.5. The summed E-state index contributed by atoms with van der Waals surface area (Å²) in [6.07, 6.45) is 0.608. The molecule has 1 rings (SSSR count). The Morgan fingerprint density at radius 2 is 2.15 bits per heavy atom. The Morgan fingerprint density at radius 3 is 2.65 bits per heavy atom. The van der Waals surface area contributed by atoms with Crippen LogP contribution in [0.2, 0.25) is 0 Å². The van der Waals surface area contributed by atoms with Crippen molar-refractivity contribution in [2.75, 3.05) is 12.3 Å². The molecule has 1 aromatic carbocycles. The van der Waals surface area contributed by atoms with E-state index in [4.69, 9.17) is 5.73 Å². The highest BCUT2D eigenvalue weighted by molar-refractivity contribution is 6.01. The van der Waals surface area contributed by atoms with Crippen molar-refractivity contribution in [1.82, 2.24) is 5.32 Å². The predicted molar refractivity (Wildman–Crippen MR) is 75.3 cm³/mol. The van der Waals surface area contributed by atoms with E-state index in [2.05, 4.69) is 5.32 Å². The number of nitro benzene ring substituents is 1. The molecular formula is C13H19N3O4. The number of aliphatic hydroxyl groups is 1. The minimum absolute atomic E-state index is 0.0430. The maximum Gasteiger partial charge on any atom is 0.292 e. The summed E-state index contributed by atoms with van der Waals surface area (Å²) in [7, 11) is 0. The lowest BCUT2D eigenvalue weighted by atomic mass is 10.0. The number of anilines is 1. The Labute approximate surface area is 116 Å². The molecule has 0 saturated heterocycles. The molecule has 0 aliphatic carbocycles. The fourth-order valence-electron chi connectivity index (χ4n) is 1.92. The van der Waals surface area contributed by atoms with Gasteiger partial charge in [0.05, 0.1) is 23.1 Å². The van der Waals surface area contributed by atoms with Gasteiger partial charge in [-0.25, -0.2) is 0 Å². The number of aliphatic hydroxyl groups excluding tert-OH is 1. The number of benzene rings is 1. The molecule has 0 aliphatic heterocycles. The van der Waals surface area contributed by atoms with Crippen LogP contribution in [0.25, 0.3) is 0 Å². The van der Waals surface area contributed by atoms with Crippen molar-refractivity contribution in [2.45, 2.75) is 26.3 Å². The molecule has 20 heavy (non-hydrogen) atoms. The topological polar surface area (TPSA) is 118 Å². The van der Waals surface area contributed by atoms with Gasteiger partial charge in [-0.1, -0.05) is 19.9 Å². The first-order valence-corrected chi connectivity index (χ1v) is 6.31. The average Bonchev–Trinajstić information content (AvgIpc) is 2.37. The highest BCUT2D eigenvalue weighted by atomic mass is 16.6. The van der Waals surface area contributed by atoms with E-state index >= 15 is 0 Å². The number of nitrogens with one attached hydrogen (secondary N) is 1. The summed E-state index contributed by atoms with van der Waals surface area (Å²) < 4.78 is 0. The number of para-hydroxylation sites is 1. The lowest BCUT2D eigenvalue weighted by Crippen LogP contribution is -2.38. The van der Waals surface area contributed by atoms with Crippen LogP contribution in [0.15, 0.2) is 18.2 Å². The average molecular weight is 281 g/mol. The molecule has 0 unspecified atom stereocenters. The van der Waals surface area contributed by atoms with Gasteiger partial charge in [0, 0.05) is 6.07 Å². The van der Waals surface area contributed by atoms with E-state index < -0.39 is 16.9 Å². The van der Waals surface area contributed by atoms with E-state index in [-0.39, 0.29) is 23.5 Å². The standard InChI is InChI=1S/C13H19N3O4/c1-8(2)6-9(7-17)15-13(18)10-4-3-5-11(12(10)14)16(19)20/h3-5,8-9,17H,6-7,14H2,1-2H3,(H,15,18)/t9-/m1/s1. The normalized spacial score (nSPS) is 12.2. The van der Waals surface area contributed by atoms with Gasteiger partial charge in [-0.2, -0.15) is 0 Å². The zero-order valence-electron chi connectivity index (χ0n) is 11.5. The Bertz CT molecular complexity index is 502. The van der Waals surface area contributed by atoms with Crippen LogP contribution in [0.5, 0.6) is 0 Å². The number of carbonyl (C=O) groups excluding carboxylic acids is 1. The Balaban J connectivity index is 2.92. The first-order chi connectivity index (χ1) is 9.36. The molecule has 0 bridgehead atoms. The fourth-order valence-corrected chi connectivity index (χ4v) is 1.92. The third-order valence-electron chi connectivity index (χ3n) is 2.84. The van der Waals surface area contributed by atoms with Gasteiger partial charge in [-0.05, 0) is 18.4 Å². The monoisotopic (exact) mass is 281 g/mol. The van der Waals surface area contributed by atoms with Crippen LogP contribution in [0, 0.1) is 16.0 Å². The lowest BCUT2D eigenvalue weighted by molar-refractivity contribution is -0.383. The maximum absolute atomic E-state index is 12.1. The molecule has 4 N–H and O–H groups in total. The molecule has 110 valence electrons. The van der Waals surface area contributed by atoms with Gasteiger partial charge in [0.2, 0.25) is 0 Å². The molecule has 0 spiro atoms. The van der Waals surface area contributed by atoms with Crippen molar-refractivity contribution in [3.63, 3.8) is 0 Å².